The van der Waals surface area contributed by atoms with Crippen LogP contribution in [0.2, 0.25) is 0 Å². The average molecular weight is 335 g/mol. The Labute approximate surface area is 149 Å². The van der Waals surface area contributed by atoms with Crippen LogP contribution in [0.25, 0.3) is 0 Å². The summed E-state index contributed by atoms with van der Waals surface area (Å²) in [5, 5.41) is 0. The van der Waals surface area contributed by atoms with Crippen LogP contribution in [-0.2, 0) is 17.8 Å². The van der Waals surface area contributed by atoms with E-state index in [9.17, 15) is 9.59 Å². The van der Waals surface area contributed by atoms with Gasteiger partial charge in [0.2, 0.25) is 0 Å². The fourth-order valence-electron chi connectivity index (χ4n) is 3.30. The van der Waals surface area contributed by atoms with E-state index in [1.165, 1.54) is 5.56 Å². The molecule has 0 saturated carbocycles. The van der Waals surface area contributed by atoms with E-state index < -0.39 is 0 Å². The topological polar surface area (TPSA) is 37.4 Å². The highest BCUT2D eigenvalue weighted by atomic mass is 16.2. The number of rotatable bonds is 6. The van der Waals surface area contributed by atoms with Crippen molar-refractivity contribution in [3.05, 3.63) is 64.7 Å². The average Bonchev–Trinajstić information content (AvgIpc) is 2.92. The van der Waals surface area contributed by atoms with Crippen molar-refractivity contribution in [1.29, 1.82) is 0 Å². The van der Waals surface area contributed by atoms with Gasteiger partial charge in [0.1, 0.15) is 5.78 Å². The van der Waals surface area contributed by atoms with Crippen molar-refractivity contribution in [3.63, 3.8) is 0 Å². The van der Waals surface area contributed by atoms with Crippen molar-refractivity contribution in [3.8, 4) is 0 Å². The minimum Gasteiger partial charge on any atom is -0.304 e. The second kappa shape index (κ2) is 7.22. The van der Waals surface area contributed by atoms with Crippen LogP contribution < -0.4 is 4.90 Å². The van der Waals surface area contributed by atoms with Crippen molar-refractivity contribution in [2.45, 2.75) is 52.5 Å². The van der Waals surface area contributed by atoms with E-state index in [4.69, 9.17) is 0 Å². The molecular weight excluding hydrogens is 310 g/mol. The number of benzene rings is 2. The molecule has 25 heavy (non-hydrogen) atoms. The molecule has 3 rings (SSSR count). The molecule has 3 nitrogen and oxygen atoms in total. The highest BCUT2D eigenvalue weighted by molar-refractivity contribution is 6.10. The number of hydrogen-bond donors (Lipinski definition) is 0. The van der Waals surface area contributed by atoms with Crippen LogP contribution in [0.1, 0.15) is 66.6 Å². The molecule has 1 heterocycles. The molecule has 1 amide bonds. The molecule has 130 valence electrons. The second-order valence-electron chi connectivity index (χ2n) is 7.09. The molecule has 0 atom stereocenters. The number of Topliss-reactive ketones (excluding diaryl/α,β-unsaturated/α-hetero) is 1. The largest absolute Gasteiger partial charge is 0.304 e. The first kappa shape index (κ1) is 17.4. The molecule has 0 fully saturated rings. The predicted octanol–water partition coefficient (Wildman–Crippen LogP) is 4.88. The molecule has 3 heteroatoms. The lowest BCUT2D eigenvalue weighted by atomic mass is 10.0. The zero-order chi connectivity index (χ0) is 18.0. The van der Waals surface area contributed by atoms with Gasteiger partial charge in [-0.15, -0.1) is 0 Å². The van der Waals surface area contributed by atoms with Gasteiger partial charge in [-0.05, 0) is 47.2 Å². The Bertz CT molecular complexity index is 790. The maximum Gasteiger partial charge on any atom is 0.258 e. The summed E-state index contributed by atoms with van der Waals surface area (Å²) in [7, 11) is 0. The van der Waals surface area contributed by atoms with Crippen molar-refractivity contribution in [2.24, 2.45) is 0 Å². The highest BCUT2D eigenvalue weighted by Crippen LogP contribution is 2.30. The first-order valence-electron chi connectivity index (χ1n) is 9.05. The Balaban J connectivity index is 1.80. The van der Waals surface area contributed by atoms with Gasteiger partial charge in [0.15, 0.2) is 0 Å². The summed E-state index contributed by atoms with van der Waals surface area (Å²) in [6, 6.07) is 14.1. The number of hydrogen-bond acceptors (Lipinski definition) is 2. The minimum atomic E-state index is 0.0251. The third-order valence-electron chi connectivity index (χ3n) is 4.78. The molecule has 2 aromatic carbocycles. The molecule has 1 aliphatic heterocycles. The minimum absolute atomic E-state index is 0.0251. The third-order valence-corrected chi connectivity index (χ3v) is 4.78. The first-order chi connectivity index (χ1) is 12.0. The smallest absolute Gasteiger partial charge is 0.258 e. The fraction of sp³-hybridized carbons (Fsp3) is 0.364. The van der Waals surface area contributed by atoms with Crippen LogP contribution in [0.4, 0.5) is 5.69 Å². The van der Waals surface area contributed by atoms with Gasteiger partial charge in [-0.1, -0.05) is 45.0 Å². The number of anilines is 1. The summed E-state index contributed by atoms with van der Waals surface area (Å²) in [4.78, 5) is 26.5. The number of ketones is 1. The first-order valence-corrected chi connectivity index (χ1v) is 9.05. The Kier molecular flexibility index (Phi) is 5.03. The van der Waals surface area contributed by atoms with Gasteiger partial charge in [0.25, 0.3) is 5.91 Å². The van der Waals surface area contributed by atoms with Gasteiger partial charge < -0.3 is 4.90 Å². The van der Waals surface area contributed by atoms with Crippen LogP contribution >= 0.6 is 0 Å². The number of carbonyl (C=O) groups is 2. The Morgan fingerprint density at radius 2 is 1.84 bits per heavy atom. The maximum atomic E-state index is 12.8. The summed E-state index contributed by atoms with van der Waals surface area (Å²) < 4.78 is 0. The van der Waals surface area contributed by atoms with Gasteiger partial charge in [-0.3, -0.25) is 9.59 Å². The van der Waals surface area contributed by atoms with Gasteiger partial charge in [-0.25, -0.2) is 0 Å². The SMILES string of the molecule is CCCC(=O)Cc1ccc2c(c1)C(=O)N(c1ccc(C(C)C)cc1)C2. The molecule has 0 N–H and O–H groups in total. The van der Waals surface area contributed by atoms with E-state index in [0.29, 0.717) is 25.3 Å². The summed E-state index contributed by atoms with van der Waals surface area (Å²) in [6.07, 6.45) is 1.87. The normalized spacial score (nSPS) is 13.4. The molecule has 0 aromatic heterocycles. The van der Waals surface area contributed by atoms with Crippen molar-refractivity contribution in [1.82, 2.24) is 0 Å². The maximum absolute atomic E-state index is 12.8. The van der Waals surface area contributed by atoms with E-state index in [0.717, 1.165) is 28.8 Å². The monoisotopic (exact) mass is 335 g/mol. The van der Waals surface area contributed by atoms with Crippen LogP contribution in [0.3, 0.4) is 0 Å². The molecular formula is C22H25NO2. The van der Waals surface area contributed by atoms with E-state index in [-0.39, 0.29) is 11.7 Å². The van der Waals surface area contributed by atoms with Crippen LogP contribution in [0.5, 0.6) is 0 Å². The summed E-state index contributed by atoms with van der Waals surface area (Å²) in [6.45, 7) is 6.92. The molecule has 2 aromatic rings. The molecule has 0 unspecified atom stereocenters. The molecule has 0 saturated heterocycles. The number of carbonyl (C=O) groups excluding carboxylic acids is 2. The second-order valence-corrected chi connectivity index (χ2v) is 7.09. The van der Waals surface area contributed by atoms with E-state index in [1.807, 2.05) is 42.2 Å². The van der Waals surface area contributed by atoms with Gasteiger partial charge in [0.05, 0.1) is 6.54 Å². The summed E-state index contributed by atoms with van der Waals surface area (Å²) in [5.41, 5.74) is 4.89. The number of nitrogens with zero attached hydrogens (tertiary/aromatic N) is 1. The van der Waals surface area contributed by atoms with Crippen molar-refractivity contribution in [2.75, 3.05) is 4.90 Å². The van der Waals surface area contributed by atoms with E-state index >= 15 is 0 Å². The Morgan fingerprint density at radius 1 is 1.12 bits per heavy atom. The van der Waals surface area contributed by atoms with Gasteiger partial charge in [0, 0.05) is 24.1 Å². The number of amides is 1. The van der Waals surface area contributed by atoms with Crippen LogP contribution in [0.15, 0.2) is 42.5 Å². The lowest BCUT2D eigenvalue weighted by Crippen LogP contribution is -2.22. The van der Waals surface area contributed by atoms with Crippen molar-refractivity contribution < 1.29 is 9.59 Å². The van der Waals surface area contributed by atoms with Crippen LogP contribution in [0, 0.1) is 0 Å². The lowest BCUT2D eigenvalue weighted by Gasteiger charge is -2.16. The number of fused-ring (bicyclic) bond motifs is 1. The summed E-state index contributed by atoms with van der Waals surface area (Å²) >= 11 is 0. The molecule has 0 aliphatic carbocycles. The quantitative estimate of drug-likeness (QED) is 0.754. The fourth-order valence-corrected chi connectivity index (χ4v) is 3.30. The van der Waals surface area contributed by atoms with Gasteiger partial charge in [-0.2, -0.15) is 0 Å². The molecule has 1 aliphatic rings. The van der Waals surface area contributed by atoms with E-state index in [1.54, 1.807) is 0 Å². The standard InChI is InChI=1S/C22H25NO2/c1-4-5-20(24)12-16-6-7-18-14-23(22(25)21(18)13-16)19-10-8-17(9-11-19)15(2)3/h6-11,13,15H,4-5,12,14H2,1-3H3. The Hall–Kier alpha value is -2.42. The van der Waals surface area contributed by atoms with Crippen LogP contribution in [-0.4, -0.2) is 11.7 Å². The van der Waals surface area contributed by atoms with E-state index in [2.05, 4.69) is 26.0 Å². The molecule has 0 spiro atoms. The highest BCUT2D eigenvalue weighted by Gasteiger charge is 2.28. The zero-order valence-electron chi connectivity index (χ0n) is 15.2. The Morgan fingerprint density at radius 3 is 2.48 bits per heavy atom. The predicted molar refractivity (Wildman–Crippen MR) is 101 cm³/mol. The molecule has 0 radical (unpaired) electrons. The summed E-state index contributed by atoms with van der Waals surface area (Å²) in [5.74, 6) is 0.731. The van der Waals surface area contributed by atoms with Crippen molar-refractivity contribution >= 4 is 17.4 Å². The van der Waals surface area contributed by atoms with Gasteiger partial charge >= 0.3 is 0 Å². The lowest BCUT2D eigenvalue weighted by molar-refractivity contribution is -0.118. The molecule has 0 bridgehead atoms. The zero-order valence-corrected chi connectivity index (χ0v) is 15.2. The third kappa shape index (κ3) is 3.65.